The summed E-state index contributed by atoms with van der Waals surface area (Å²) in [6.45, 7) is 3.03. The van der Waals surface area contributed by atoms with E-state index in [4.69, 9.17) is 17.3 Å². The summed E-state index contributed by atoms with van der Waals surface area (Å²) in [6.07, 6.45) is 5.01. The zero-order valence-corrected chi connectivity index (χ0v) is 19.0. The lowest BCUT2D eigenvalue weighted by Gasteiger charge is -2.41. The summed E-state index contributed by atoms with van der Waals surface area (Å²) in [5, 5.41) is 0.951. The first-order chi connectivity index (χ1) is 15.9. The molecule has 8 nitrogen and oxygen atoms in total. The molecule has 0 bridgehead atoms. The van der Waals surface area contributed by atoms with Crippen LogP contribution in [-0.2, 0) is 4.79 Å². The first-order valence-electron chi connectivity index (χ1n) is 11.4. The minimum atomic E-state index is -0.223. The Labute approximate surface area is 195 Å². The van der Waals surface area contributed by atoms with Crippen LogP contribution in [0.5, 0.6) is 0 Å². The van der Waals surface area contributed by atoms with Gasteiger partial charge >= 0.3 is 0 Å². The highest BCUT2D eigenvalue weighted by Gasteiger charge is 2.31. The average Bonchev–Trinajstić information content (AvgIpc) is 2.83. The number of benzene rings is 1. The Bertz CT molecular complexity index is 1290. The molecule has 0 spiro atoms. The van der Waals surface area contributed by atoms with Gasteiger partial charge in [-0.05, 0) is 69.1 Å². The Kier molecular flexibility index (Phi) is 5.80. The molecule has 33 heavy (non-hydrogen) atoms. The summed E-state index contributed by atoms with van der Waals surface area (Å²) in [5.74, 6) is -0.337. The Balaban J connectivity index is 1.34. The van der Waals surface area contributed by atoms with E-state index >= 15 is 0 Å². The molecule has 0 radical (unpaired) electrons. The molecular weight excluding hydrogens is 442 g/mol. The lowest BCUT2D eigenvalue weighted by atomic mass is 9.93. The number of primary amides is 1. The van der Waals surface area contributed by atoms with E-state index in [-0.39, 0.29) is 23.3 Å². The summed E-state index contributed by atoms with van der Waals surface area (Å²) in [6, 6.07) is 8.80. The molecule has 2 aliphatic heterocycles. The molecule has 2 aliphatic rings. The number of carbonyl (C=O) groups is 2. The predicted molar refractivity (Wildman–Crippen MR) is 126 cm³/mol. The van der Waals surface area contributed by atoms with E-state index in [0.717, 1.165) is 38.8 Å². The SMILES string of the molecule is NC(=O)C1CCN(C2CCN(C(=O)c3cccn4c(=O)c5ccc(Cl)cc5nc34)CC2)CC1. The highest BCUT2D eigenvalue weighted by molar-refractivity contribution is 6.31. The molecule has 1 aromatic carbocycles. The normalized spacial score (nSPS) is 18.8. The first kappa shape index (κ1) is 21.9. The van der Waals surface area contributed by atoms with Crippen molar-refractivity contribution in [2.75, 3.05) is 26.2 Å². The predicted octanol–water partition coefficient (Wildman–Crippen LogP) is 2.30. The van der Waals surface area contributed by atoms with Gasteiger partial charge in [0, 0.05) is 36.3 Å². The van der Waals surface area contributed by atoms with Crippen LogP contribution in [0.4, 0.5) is 0 Å². The maximum Gasteiger partial charge on any atom is 0.265 e. The van der Waals surface area contributed by atoms with Gasteiger partial charge in [-0.15, -0.1) is 0 Å². The lowest BCUT2D eigenvalue weighted by molar-refractivity contribution is -0.123. The average molecular weight is 468 g/mol. The molecular formula is C24H26ClN5O3. The van der Waals surface area contributed by atoms with Crippen LogP contribution < -0.4 is 11.3 Å². The molecule has 0 saturated carbocycles. The van der Waals surface area contributed by atoms with Crippen molar-refractivity contribution < 1.29 is 9.59 Å². The number of rotatable bonds is 3. The Morgan fingerprint density at radius 1 is 1.03 bits per heavy atom. The second-order valence-electron chi connectivity index (χ2n) is 8.93. The van der Waals surface area contributed by atoms with Crippen molar-refractivity contribution in [2.24, 2.45) is 11.7 Å². The fourth-order valence-electron chi connectivity index (χ4n) is 5.12. The van der Waals surface area contributed by atoms with Gasteiger partial charge in [0.15, 0.2) is 5.65 Å². The lowest BCUT2D eigenvalue weighted by Crippen LogP contribution is -2.50. The molecule has 5 rings (SSSR count). The molecule has 2 saturated heterocycles. The number of amides is 2. The number of fused-ring (bicyclic) bond motifs is 2. The molecule has 172 valence electrons. The quantitative estimate of drug-likeness (QED) is 0.595. The second kappa shape index (κ2) is 8.76. The summed E-state index contributed by atoms with van der Waals surface area (Å²) in [7, 11) is 0. The summed E-state index contributed by atoms with van der Waals surface area (Å²) in [4.78, 5) is 46.7. The van der Waals surface area contributed by atoms with Gasteiger partial charge in [0.2, 0.25) is 5.91 Å². The second-order valence-corrected chi connectivity index (χ2v) is 9.37. The van der Waals surface area contributed by atoms with Crippen molar-refractivity contribution in [1.82, 2.24) is 19.2 Å². The van der Waals surface area contributed by atoms with Crippen LogP contribution in [0.1, 0.15) is 36.0 Å². The third-order valence-corrected chi connectivity index (χ3v) is 7.27. The number of nitrogens with zero attached hydrogens (tertiary/aromatic N) is 4. The van der Waals surface area contributed by atoms with E-state index in [0.29, 0.717) is 46.3 Å². The largest absolute Gasteiger partial charge is 0.369 e. The number of aromatic nitrogens is 2. The van der Waals surface area contributed by atoms with Gasteiger partial charge in [-0.1, -0.05) is 11.6 Å². The minimum Gasteiger partial charge on any atom is -0.369 e. The van der Waals surface area contributed by atoms with E-state index in [1.165, 1.54) is 4.40 Å². The first-order valence-corrected chi connectivity index (χ1v) is 11.7. The Morgan fingerprint density at radius 2 is 1.76 bits per heavy atom. The molecule has 9 heteroatoms. The number of pyridine rings is 1. The number of hydrogen-bond donors (Lipinski definition) is 1. The smallest absolute Gasteiger partial charge is 0.265 e. The van der Waals surface area contributed by atoms with Crippen molar-refractivity contribution >= 4 is 40.0 Å². The fourth-order valence-corrected chi connectivity index (χ4v) is 5.29. The molecule has 3 aromatic rings. The molecule has 2 amide bonds. The van der Waals surface area contributed by atoms with Crippen molar-refractivity contribution in [3.8, 4) is 0 Å². The van der Waals surface area contributed by atoms with Crippen LogP contribution in [0, 0.1) is 5.92 Å². The number of hydrogen-bond acceptors (Lipinski definition) is 5. The molecule has 0 unspecified atom stereocenters. The van der Waals surface area contributed by atoms with Gasteiger partial charge in [0.25, 0.3) is 11.5 Å². The van der Waals surface area contributed by atoms with Crippen molar-refractivity contribution in [3.05, 3.63) is 57.5 Å². The van der Waals surface area contributed by atoms with E-state index in [2.05, 4.69) is 9.88 Å². The monoisotopic (exact) mass is 467 g/mol. The van der Waals surface area contributed by atoms with Gasteiger partial charge in [0.05, 0.1) is 16.5 Å². The van der Waals surface area contributed by atoms with Gasteiger partial charge in [-0.25, -0.2) is 4.98 Å². The highest BCUT2D eigenvalue weighted by Crippen LogP contribution is 2.25. The standard InChI is InChI=1S/C24H26ClN5O3/c25-16-3-4-18-20(14-16)27-22-19(2-1-9-30(22)24(18)33)23(32)29-12-7-17(8-13-29)28-10-5-15(6-11-28)21(26)31/h1-4,9,14-15,17H,5-8,10-13H2,(H2,26,31). The highest BCUT2D eigenvalue weighted by atomic mass is 35.5. The molecule has 2 N–H and O–H groups in total. The third-order valence-electron chi connectivity index (χ3n) is 7.03. The molecule has 0 aliphatic carbocycles. The van der Waals surface area contributed by atoms with Crippen molar-refractivity contribution in [1.29, 1.82) is 0 Å². The zero-order valence-electron chi connectivity index (χ0n) is 18.2. The maximum absolute atomic E-state index is 13.4. The summed E-state index contributed by atoms with van der Waals surface area (Å²) >= 11 is 6.10. The van der Waals surface area contributed by atoms with Gasteiger partial charge in [-0.3, -0.25) is 18.8 Å². The maximum atomic E-state index is 13.4. The van der Waals surface area contributed by atoms with Crippen LogP contribution in [0.2, 0.25) is 5.02 Å². The zero-order chi connectivity index (χ0) is 23.1. The van der Waals surface area contributed by atoms with E-state index in [1.54, 1.807) is 36.5 Å². The van der Waals surface area contributed by atoms with Gasteiger partial charge in [0.1, 0.15) is 0 Å². The Morgan fingerprint density at radius 3 is 2.45 bits per heavy atom. The third kappa shape index (κ3) is 4.09. The van der Waals surface area contributed by atoms with Crippen LogP contribution in [0.3, 0.4) is 0 Å². The molecule has 4 heterocycles. The van der Waals surface area contributed by atoms with Crippen molar-refractivity contribution in [3.63, 3.8) is 0 Å². The fraction of sp³-hybridized carbons (Fsp3) is 0.417. The van der Waals surface area contributed by atoms with E-state index in [9.17, 15) is 14.4 Å². The number of nitrogens with two attached hydrogens (primary N) is 1. The summed E-state index contributed by atoms with van der Waals surface area (Å²) in [5.41, 5.74) is 6.46. The molecule has 0 atom stereocenters. The number of carbonyl (C=O) groups excluding carboxylic acids is 2. The number of piperidine rings is 2. The van der Waals surface area contributed by atoms with Crippen LogP contribution in [0.25, 0.3) is 16.6 Å². The molecule has 2 fully saturated rings. The van der Waals surface area contributed by atoms with Crippen LogP contribution in [-0.4, -0.2) is 63.2 Å². The van der Waals surface area contributed by atoms with E-state index < -0.39 is 0 Å². The minimum absolute atomic E-state index is 0.0175. The van der Waals surface area contributed by atoms with Gasteiger partial charge < -0.3 is 15.5 Å². The number of likely N-dealkylation sites (tertiary alicyclic amines) is 2. The van der Waals surface area contributed by atoms with E-state index in [1.807, 2.05) is 4.90 Å². The van der Waals surface area contributed by atoms with Crippen LogP contribution >= 0.6 is 11.6 Å². The Hall–Kier alpha value is -2.97. The topological polar surface area (TPSA) is 101 Å². The van der Waals surface area contributed by atoms with Crippen molar-refractivity contribution in [2.45, 2.75) is 31.7 Å². The molecule has 2 aromatic heterocycles. The van der Waals surface area contributed by atoms with Gasteiger partial charge in [-0.2, -0.15) is 0 Å². The number of halogens is 1. The van der Waals surface area contributed by atoms with Crippen LogP contribution in [0.15, 0.2) is 41.3 Å². The summed E-state index contributed by atoms with van der Waals surface area (Å²) < 4.78 is 1.43.